The maximum absolute atomic E-state index is 12.7. The van der Waals surface area contributed by atoms with Crippen molar-refractivity contribution >= 4 is 58.8 Å². The average Bonchev–Trinajstić information content (AvgIpc) is 3.02. The second-order valence-corrected chi connectivity index (χ2v) is 8.02. The van der Waals surface area contributed by atoms with E-state index in [9.17, 15) is 19.2 Å². The minimum Gasteiger partial charge on any atom is -0.479 e. The standard InChI is InChI=1S/C23H21Cl2N3O6/c1-3-33-20(30)12-34-21-16(24)8-14(9-17(21)25)10-18-22(31)28(23(32)27-18)11-19(29)26-15-6-4-13(2)5-7-15/h4-10H,3,11-12H2,1-2H3,(H,26,29)(H,27,32)/b18-10+. The molecule has 4 amide bonds. The number of carbonyl (C=O) groups is 4. The molecule has 1 fully saturated rings. The Hall–Kier alpha value is -3.56. The minimum atomic E-state index is -0.734. The first-order valence-electron chi connectivity index (χ1n) is 10.2. The van der Waals surface area contributed by atoms with Crippen LogP contribution in [-0.4, -0.2) is 48.5 Å². The second-order valence-electron chi connectivity index (χ2n) is 7.20. The predicted octanol–water partition coefficient (Wildman–Crippen LogP) is 3.78. The van der Waals surface area contributed by atoms with E-state index in [2.05, 4.69) is 10.6 Å². The summed E-state index contributed by atoms with van der Waals surface area (Å²) in [7, 11) is 0. The van der Waals surface area contributed by atoms with Gasteiger partial charge in [0.05, 0.1) is 16.7 Å². The number of amides is 4. The largest absolute Gasteiger partial charge is 0.479 e. The Morgan fingerprint density at radius 3 is 2.38 bits per heavy atom. The Kier molecular flexibility index (Phi) is 8.14. The fourth-order valence-corrected chi connectivity index (χ4v) is 3.61. The van der Waals surface area contributed by atoms with Crippen LogP contribution in [0.5, 0.6) is 5.75 Å². The van der Waals surface area contributed by atoms with Gasteiger partial charge in [-0.1, -0.05) is 40.9 Å². The van der Waals surface area contributed by atoms with Crippen molar-refractivity contribution in [3.63, 3.8) is 0 Å². The summed E-state index contributed by atoms with van der Waals surface area (Å²) in [6, 6.07) is 9.26. The number of nitrogens with one attached hydrogen (secondary N) is 2. The van der Waals surface area contributed by atoms with Gasteiger partial charge >= 0.3 is 12.0 Å². The van der Waals surface area contributed by atoms with Crippen molar-refractivity contribution < 1.29 is 28.7 Å². The van der Waals surface area contributed by atoms with Crippen LogP contribution in [-0.2, 0) is 19.1 Å². The van der Waals surface area contributed by atoms with Crippen LogP contribution in [0.4, 0.5) is 10.5 Å². The van der Waals surface area contributed by atoms with Crippen molar-refractivity contribution in [3.05, 3.63) is 63.3 Å². The molecule has 0 radical (unpaired) electrons. The van der Waals surface area contributed by atoms with E-state index in [0.29, 0.717) is 11.3 Å². The van der Waals surface area contributed by atoms with Crippen molar-refractivity contribution in [1.82, 2.24) is 10.2 Å². The number of urea groups is 1. The molecule has 2 aromatic carbocycles. The molecule has 1 saturated heterocycles. The number of anilines is 1. The number of hydrogen-bond acceptors (Lipinski definition) is 6. The van der Waals surface area contributed by atoms with Crippen LogP contribution < -0.4 is 15.4 Å². The monoisotopic (exact) mass is 505 g/mol. The molecule has 0 unspecified atom stereocenters. The lowest BCUT2D eigenvalue weighted by molar-refractivity contribution is -0.145. The topological polar surface area (TPSA) is 114 Å². The zero-order valence-corrected chi connectivity index (χ0v) is 19.8. The van der Waals surface area contributed by atoms with E-state index in [1.54, 1.807) is 19.1 Å². The first kappa shape index (κ1) is 25.1. The highest BCUT2D eigenvalue weighted by atomic mass is 35.5. The zero-order chi connectivity index (χ0) is 24.8. The molecule has 0 bridgehead atoms. The number of nitrogens with zero attached hydrogens (tertiary/aromatic N) is 1. The van der Waals surface area contributed by atoms with E-state index in [0.717, 1.165) is 10.5 Å². The Morgan fingerprint density at radius 1 is 1.12 bits per heavy atom. The van der Waals surface area contributed by atoms with Gasteiger partial charge < -0.3 is 20.1 Å². The van der Waals surface area contributed by atoms with Gasteiger partial charge in [-0.15, -0.1) is 0 Å². The third-order valence-corrected chi connectivity index (χ3v) is 5.13. The van der Waals surface area contributed by atoms with Crippen LogP contribution in [0.1, 0.15) is 18.1 Å². The van der Waals surface area contributed by atoms with Crippen LogP contribution in [0.25, 0.3) is 6.08 Å². The Morgan fingerprint density at radius 2 is 1.76 bits per heavy atom. The molecule has 3 rings (SSSR count). The summed E-state index contributed by atoms with van der Waals surface area (Å²) in [5.41, 5.74) is 1.92. The quantitative estimate of drug-likeness (QED) is 0.320. The number of hydrogen-bond donors (Lipinski definition) is 2. The van der Waals surface area contributed by atoms with E-state index < -0.39 is 30.4 Å². The molecule has 178 valence electrons. The number of esters is 1. The summed E-state index contributed by atoms with van der Waals surface area (Å²) in [5, 5.41) is 5.25. The average molecular weight is 506 g/mol. The number of carbonyl (C=O) groups excluding carboxylic acids is 4. The lowest BCUT2D eigenvalue weighted by Gasteiger charge is -2.12. The molecule has 0 atom stereocenters. The fraction of sp³-hybridized carbons (Fsp3) is 0.217. The molecule has 1 aliphatic heterocycles. The molecule has 11 heteroatoms. The maximum atomic E-state index is 12.7. The first-order valence-corrected chi connectivity index (χ1v) is 10.9. The lowest BCUT2D eigenvalue weighted by atomic mass is 10.1. The lowest BCUT2D eigenvalue weighted by Crippen LogP contribution is -2.38. The van der Waals surface area contributed by atoms with E-state index in [4.69, 9.17) is 32.7 Å². The third kappa shape index (κ3) is 6.27. The van der Waals surface area contributed by atoms with Gasteiger partial charge in [0.2, 0.25) is 5.91 Å². The minimum absolute atomic E-state index is 0.0551. The summed E-state index contributed by atoms with van der Waals surface area (Å²) in [6.07, 6.45) is 1.37. The van der Waals surface area contributed by atoms with Crippen LogP contribution in [0.2, 0.25) is 10.0 Å². The predicted molar refractivity (Wildman–Crippen MR) is 127 cm³/mol. The molecule has 0 spiro atoms. The van der Waals surface area contributed by atoms with Gasteiger partial charge in [0.1, 0.15) is 12.2 Å². The zero-order valence-electron chi connectivity index (χ0n) is 18.3. The number of benzene rings is 2. The van der Waals surface area contributed by atoms with E-state index >= 15 is 0 Å². The van der Waals surface area contributed by atoms with Gasteiger partial charge in [-0.2, -0.15) is 0 Å². The Bertz CT molecular complexity index is 1140. The van der Waals surface area contributed by atoms with Crippen molar-refractivity contribution in [1.29, 1.82) is 0 Å². The molecular weight excluding hydrogens is 485 g/mol. The summed E-state index contributed by atoms with van der Waals surface area (Å²) in [5.74, 6) is -1.71. The molecule has 0 saturated carbocycles. The highest BCUT2D eigenvalue weighted by Gasteiger charge is 2.35. The van der Waals surface area contributed by atoms with Gasteiger partial charge in [-0.3, -0.25) is 9.59 Å². The molecule has 1 heterocycles. The second kappa shape index (κ2) is 11.0. The fourth-order valence-electron chi connectivity index (χ4n) is 3.00. The summed E-state index contributed by atoms with van der Waals surface area (Å²) >= 11 is 12.4. The van der Waals surface area contributed by atoms with Crippen molar-refractivity contribution in [2.24, 2.45) is 0 Å². The summed E-state index contributed by atoms with van der Waals surface area (Å²) in [4.78, 5) is 49.5. The van der Waals surface area contributed by atoms with Gasteiger partial charge in [0.25, 0.3) is 5.91 Å². The van der Waals surface area contributed by atoms with Gasteiger partial charge in [0.15, 0.2) is 12.4 Å². The Labute approximate surface area is 205 Å². The molecular formula is C23H21Cl2N3O6. The maximum Gasteiger partial charge on any atom is 0.344 e. The Balaban J connectivity index is 1.68. The number of imide groups is 1. The van der Waals surface area contributed by atoms with Crippen LogP contribution in [0.15, 0.2) is 42.1 Å². The number of halogens is 2. The van der Waals surface area contributed by atoms with E-state index in [1.807, 2.05) is 19.1 Å². The van der Waals surface area contributed by atoms with Crippen molar-refractivity contribution in [2.45, 2.75) is 13.8 Å². The van der Waals surface area contributed by atoms with E-state index in [1.165, 1.54) is 18.2 Å². The highest BCUT2D eigenvalue weighted by molar-refractivity contribution is 6.37. The summed E-state index contributed by atoms with van der Waals surface area (Å²) < 4.78 is 10.1. The van der Waals surface area contributed by atoms with Gasteiger partial charge in [-0.05, 0) is 49.8 Å². The van der Waals surface area contributed by atoms with Gasteiger partial charge in [0, 0.05) is 5.69 Å². The number of ether oxygens (including phenoxy) is 2. The molecule has 2 N–H and O–H groups in total. The molecule has 9 nitrogen and oxygen atoms in total. The summed E-state index contributed by atoms with van der Waals surface area (Å²) in [6.45, 7) is 2.96. The molecule has 1 aliphatic rings. The number of aryl methyl sites for hydroxylation is 1. The first-order chi connectivity index (χ1) is 16.2. The highest BCUT2D eigenvalue weighted by Crippen LogP contribution is 2.35. The van der Waals surface area contributed by atoms with Crippen molar-refractivity contribution in [2.75, 3.05) is 25.1 Å². The normalized spacial score (nSPS) is 14.2. The van der Waals surface area contributed by atoms with Crippen molar-refractivity contribution in [3.8, 4) is 5.75 Å². The van der Waals surface area contributed by atoms with Gasteiger partial charge in [-0.25, -0.2) is 14.5 Å². The molecule has 0 aliphatic carbocycles. The molecule has 34 heavy (non-hydrogen) atoms. The molecule has 0 aromatic heterocycles. The van der Waals surface area contributed by atoms with Crippen LogP contribution in [0, 0.1) is 6.92 Å². The molecule has 2 aromatic rings. The van der Waals surface area contributed by atoms with E-state index in [-0.39, 0.29) is 34.7 Å². The van der Waals surface area contributed by atoms with Crippen LogP contribution in [0.3, 0.4) is 0 Å². The SMILES string of the molecule is CCOC(=O)COc1c(Cl)cc(/C=C2/NC(=O)N(CC(=O)Nc3ccc(C)cc3)C2=O)cc1Cl. The third-order valence-electron chi connectivity index (χ3n) is 4.57. The van der Waals surface area contributed by atoms with Crippen LogP contribution >= 0.6 is 23.2 Å². The number of rotatable bonds is 8. The smallest absolute Gasteiger partial charge is 0.344 e.